The molecule has 0 aliphatic carbocycles. The van der Waals surface area contributed by atoms with Gasteiger partial charge in [-0.1, -0.05) is 40.0 Å². The third kappa shape index (κ3) is 4.06. The van der Waals surface area contributed by atoms with E-state index in [2.05, 4.69) is 25.8 Å². The number of unbranched alkanes of at least 4 members (excludes halogenated alkanes) is 1. The summed E-state index contributed by atoms with van der Waals surface area (Å²) in [6.07, 6.45) is 8.78. The number of hydrogen-bond donors (Lipinski definition) is 0. The van der Waals surface area contributed by atoms with Gasteiger partial charge in [-0.05, 0) is 18.8 Å². The van der Waals surface area contributed by atoms with Crippen LogP contribution in [-0.4, -0.2) is 4.98 Å². The van der Waals surface area contributed by atoms with Gasteiger partial charge in [-0.3, -0.25) is 0 Å². The fraction of sp³-hybridized carbons (Fsp3) is 0.769. The number of aryl methyl sites for hydroxylation is 2. The fourth-order valence-electron chi connectivity index (χ4n) is 1.77. The van der Waals surface area contributed by atoms with Crippen molar-refractivity contribution in [1.29, 1.82) is 0 Å². The first kappa shape index (κ1) is 12.3. The van der Waals surface area contributed by atoms with E-state index < -0.39 is 0 Å². The molecule has 2 heteroatoms. The molecule has 0 aromatic carbocycles. The van der Waals surface area contributed by atoms with Crippen molar-refractivity contribution < 1.29 is 4.42 Å². The minimum absolute atomic E-state index is 0.866. The van der Waals surface area contributed by atoms with Gasteiger partial charge in [0.05, 0.1) is 5.69 Å². The van der Waals surface area contributed by atoms with E-state index in [4.69, 9.17) is 4.42 Å². The molecule has 0 radical (unpaired) electrons. The molecule has 1 heterocycles. The van der Waals surface area contributed by atoms with Crippen LogP contribution in [0.25, 0.3) is 0 Å². The second kappa shape index (κ2) is 6.65. The average molecular weight is 209 g/mol. The van der Waals surface area contributed by atoms with Crippen molar-refractivity contribution in [1.82, 2.24) is 4.98 Å². The Hall–Kier alpha value is -0.790. The van der Waals surface area contributed by atoms with Gasteiger partial charge in [-0.15, -0.1) is 0 Å². The maximum atomic E-state index is 5.38. The molecule has 1 aromatic rings. The summed E-state index contributed by atoms with van der Waals surface area (Å²) in [5, 5.41) is 0. The Morgan fingerprint density at radius 1 is 1.33 bits per heavy atom. The van der Waals surface area contributed by atoms with Crippen molar-refractivity contribution in [3.63, 3.8) is 0 Å². The van der Waals surface area contributed by atoms with Crippen LogP contribution in [0.4, 0.5) is 0 Å². The highest BCUT2D eigenvalue weighted by atomic mass is 16.3. The minimum Gasteiger partial charge on any atom is -0.448 e. The number of hydrogen-bond acceptors (Lipinski definition) is 2. The van der Waals surface area contributed by atoms with E-state index in [-0.39, 0.29) is 0 Å². The van der Waals surface area contributed by atoms with Gasteiger partial charge >= 0.3 is 0 Å². The highest BCUT2D eigenvalue weighted by Crippen LogP contribution is 2.15. The van der Waals surface area contributed by atoms with Crippen molar-refractivity contribution >= 4 is 0 Å². The summed E-state index contributed by atoms with van der Waals surface area (Å²) in [5.41, 5.74) is 1.14. The van der Waals surface area contributed by atoms with Crippen molar-refractivity contribution in [2.45, 2.75) is 59.3 Å². The summed E-state index contributed by atoms with van der Waals surface area (Å²) in [5.74, 6) is 1.96. The quantitative estimate of drug-likeness (QED) is 0.634. The molecule has 1 unspecified atom stereocenters. The van der Waals surface area contributed by atoms with E-state index >= 15 is 0 Å². The van der Waals surface area contributed by atoms with Gasteiger partial charge in [0.1, 0.15) is 5.76 Å². The van der Waals surface area contributed by atoms with Crippen molar-refractivity contribution in [3.8, 4) is 0 Å². The summed E-state index contributed by atoms with van der Waals surface area (Å²) < 4.78 is 5.38. The highest BCUT2D eigenvalue weighted by molar-refractivity contribution is 5.06. The van der Waals surface area contributed by atoms with Crippen LogP contribution >= 0.6 is 0 Å². The Bertz CT molecular complexity index is 267. The van der Waals surface area contributed by atoms with Gasteiger partial charge in [-0.2, -0.15) is 0 Å². The molecule has 0 fully saturated rings. The third-order valence-corrected chi connectivity index (χ3v) is 3.11. The van der Waals surface area contributed by atoms with Crippen LogP contribution in [0, 0.1) is 5.92 Å². The summed E-state index contributed by atoms with van der Waals surface area (Å²) in [4.78, 5) is 4.20. The fourth-order valence-corrected chi connectivity index (χ4v) is 1.77. The Morgan fingerprint density at radius 3 is 2.80 bits per heavy atom. The number of rotatable bonds is 7. The molecule has 0 spiro atoms. The molecule has 0 saturated carbocycles. The highest BCUT2D eigenvalue weighted by Gasteiger charge is 2.06. The SMILES string of the molecule is CCc1ncoc1CCCCC(C)CC. The van der Waals surface area contributed by atoms with E-state index in [0.717, 1.165) is 30.2 Å². The van der Waals surface area contributed by atoms with Crippen LogP contribution in [0.15, 0.2) is 10.8 Å². The van der Waals surface area contributed by atoms with Gasteiger partial charge in [0.2, 0.25) is 0 Å². The maximum absolute atomic E-state index is 5.38. The van der Waals surface area contributed by atoms with Crippen molar-refractivity contribution in [3.05, 3.63) is 17.8 Å². The first-order valence-corrected chi connectivity index (χ1v) is 6.19. The Balaban J connectivity index is 2.20. The molecule has 0 saturated heterocycles. The molecule has 15 heavy (non-hydrogen) atoms. The molecule has 0 amide bonds. The summed E-state index contributed by atoms with van der Waals surface area (Å²) in [6.45, 7) is 6.71. The lowest BCUT2D eigenvalue weighted by molar-refractivity contribution is 0.457. The van der Waals surface area contributed by atoms with Crippen molar-refractivity contribution in [2.24, 2.45) is 5.92 Å². The van der Waals surface area contributed by atoms with E-state index in [1.54, 1.807) is 6.39 Å². The topological polar surface area (TPSA) is 26.0 Å². The van der Waals surface area contributed by atoms with Crippen LogP contribution in [0.1, 0.15) is 57.9 Å². The maximum Gasteiger partial charge on any atom is 0.181 e. The van der Waals surface area contributed by atoms with Gasteiger partial charge < -0.3 is 4.42 Å². The number of nitrogens with zero attached hydrogens (tertiary/aromatic N) is 1. The van der Waals surface area contributed by atoms with Gasteiger partial charge in [-0.25, -0.2) is 4.98 Å². The van der Waals surface area contributed by atoms with E-state index in [9.17, 15) is 0 Å². The third-order valence-electron chi connectivity index (χ3n) is 3.11. The molecule has 0 aliphatic heterocycles. The smallest absolute Gasteiger partial charge is 0.181 e. The first-order valence-electron chi connectivity index (χ1n) is 6.19. The van der Waals surface area contributed by atoms with E-state index in [0.29, 0.717) is 0 Å². The second-order valence-corrected chi connectivity index (χ2v) is 4.33. The molecule has 86 valence electrons. The van der Waals surface area contributed by atoms with Crippen LogP contribution in [0.5, 0.6) is 0 Å². The van der Waals surface area contributed by atoms with Gasteiger partial charge in [0.15, 0.2) is 6.39 Å². The molecular weight excluding hydrogens is 186 g/mol. The molecule has 1 rings (SSSR count). The van der Waals surface area contributed by atoms with Crippen molar-refractivity contribution in [2.75, 3.05) is 0 Å². The zero-order valence-corrected chi connectivity index (χ0v) is 10.3. The molecule has 0 N–H and O–H groups in total. The predicted molar refractivity (Wildman–Crippen MR) is 62.9 cm³/mol. The lowest BCUT2D eigenvalue weighted by atomic mass is 10.0. The summed E-state index contributed by atoms with van der Waals surface area (Å²) >= 11 is 0. The van der Waals surface area contributed by atoms with Gasteiger partial charge in [0.25, 0.3) is 0 Å². The molecule has 1 aromatic heterocycles. The van der Waals surface area contributed by atoms with Crippen LogP contribution in [-0.2, 0) is 12.8 Å². The molecular formula is C13H23NO. The average Bonchev–Trinajstić information content (AvgIpc) is 2.71. The number of oxazole rings is 1. The first-order chi connectivity index (χ1) is 7.27. The van der Waals surface area contributed by atoms with Crippen LogP contribution < -0.4 is 0 Å². The zero-order valence-electron chi connectivity index (χ0n) is 10.3. The Morgan fingerprint density at radius 2 is 2.13 bits per heavy atom. The minimum atomic E-state index is 0.866. The van der Waals surface area contributed by atoms with Crippen LogP contribution in [0.2, 0.25) is 0 Å². The predicted octanol–water partition coefficient (Wildman–Crippen LogP) is 4.00. The molecule has 1 atom stereocenters. The Kier molecular flexibility index (Phi) is 5.44. The summed E-state index contributed by atoms with van der Waals surface area (Å²) in [7, 11) is 0. The normalized spacial score (nSPS) is 13.0. The molecule has 0 bridgehead atoms. The van der Waals surface area contributed by atoms with Gasteiger partial charge in [0, 0.05) is 6.42 Å². The monoisotopic (exact) mass is 209 g/mol. The lowest BCUT2D eigenvalue weighted by Gasteiger charge is -2.06. The molecule has 2 nitrogen and oxygen atoms in total. The van der Waals surface area contributed by atoms with Crippen LogP contribution in [0.3, 0.4) is 0 Å². The zero-order chi connectivity index (χ0) is 11.1. The Labute approximate surface area is 93.1 Å². The van der Waals surface area contributed by atoms with E-state index in [1.807, 2.05) is 0 Å². The largest absolute Gasteiger partial charge is 0.448 e. The van der Waals surface area contributed by atoms with E-state index in [1.165, 1.54) is 25.7 Å². The number of aromatic nitrogens is 1. The summed E-state index contributed by atoms with van der Waals surface area (Å²) in [6, 6.07) is 0. The lowest BCUT2D eigenvalue weighted by Crippen LogP contribution is -1.94. The molecule has 0 aliphatic rings. The standard InChI is InChI=1S/C13H23NO/c1-4-11(3)8-6-7-9-13-12(5-2)14-10-15-13/h10-11H,4-9H2,1-3H3. The second-order valence-electron chi connectivity index (χ2n) is 4.33.